The molecule has 0 unspecified atom stereocenters. The van der Waals surface area contributed by atoms with Gasteiger partial charge in [0.15, 0.2) is 5.76 Å². The van der Waals surface area contributed by atoms with E-state index in [0.717, 1.165) is 26.5 Å². The number of hydrogen-bond acceptors (Lipinski definition) is 5. The number of hydrogen-bond donors (Lipinski definition) is 0. The fourth-order valence-corrected chi connectivity index (χ4v) is 5.04. The second kappa shape index (κ2) is 7.18. The van der Waals surface area contributed by atoms with E-state index in [1.54, 1.807) is 11.3 Å². The standard InChI is InChI=1S/C25H18N4OS/c1-16-19-14-8-9-15-20(19)30-22(16)23-26-27-25-29(23)28-24(31-25)21(17-10-4-2-5-11-17)18-12-6-3-7-13-18/h2-15,21H,1H3. The molecule has 3 heterocycles. The highest BCUT2D eigenvalue weighted by molar-refractivity contribution is 7.16. The summed E-state index contributed by atoms with van der Waals surface area (Å²) in [5.74, 6) is 1.37. The molecule has 0 spiro atoms. The smallest absolute Gasteiger partial charge is 0.235 e. The van der Waals surface area contributed by atoms with Crippen molar-refractivity contribution in [1.29, 1.82) is 0 Å². The molecule has 5 nitrogen and oxygen atoms in total. The van der Waals surface area contributed by atoms with Crippen LogP contribution in [0.15, 0.2) is 89.3 Å². The second-order valence-electron chi connectivity index (χ2n) is 7.47. The summed E-state index contributed by atoms with van der Waals surface area (Å²) in [6.07, 6.45) is 0. The third-order valence-electron chi connectivity index (χ3n) is 5.57. The van der Waals surface area contributed by atoms with Crippen molar-refractivity contribution in [1.82, 2.24) is 19.8 Å². The molecule has 3 aromatic carbocycles. The van der Waals surface area contributed by atoms with Gasteiger partial charge in [0.2, 0.25) is 10.8 Å². The fourth-order valence-electron chi connectivity index (χ4n) is 4.05. The Morgan fingerprint density at radius 3 is 2.13 bits per heavy atom. The van der Waals surface area contributed by atoms with Gasteiger partial charge in [0.05, 0.1) is 5.92 Å². The summed E-state index contributed by atoms with van der Waals surface area (Å²) in [6.45, 7) is 2.05. The molecule has 6 heteroatoms. The van der Waals surface area contributed by atoms with Gasteiger partial charge in [-0.05, 0) is 24.1 Å². The maximum absolute atomic E-state index is 6.13. The topological polar surface area (TPSA) is 56.2 Å². The quantitative estimate of drug-likeness (QED) is 0.345. The molecule has 0 aliphatic rings. The molecule has 0 fully saturated rings. The number of furan rings is 1. The molecule has 0 atom stereocenters. The van der Waals surface area contributed by atoms with E-state index >= 15 is 0 Å². The molecule has 0 saturated carbocycles. The number of aryl methyl sites for hydroxylation is 1. The summed E-state index contributed by atoms with van der Waals surface area (Å²) < 4.78 is 7.94. The van der Waals surface area contributed by atoms with Gasteiger partial charge in [0.25, 0.3) is 0 Å². The molecule has 0 saturated heterocycles. The maximum Gasteiger partial charge on any atom is 0.235 e. The van der Waals surface area contributed by atoms with Gasteiger partial charge in [0, 0.05) is 10.9 Å². The van der Waals surface area contributed by atoms with E-state index in [2.05, 4.69) is 64.8 Å². The SMILES string of the molecule is Cc1c(-c2nnc3sc(C(c4ccccc4)c4ccccc4)nn23)oc2ccccc12. The van der Waals surface area contributed by atoms with E-state index in [1.807, 2.05) is 41.8 Å². The van der Waals surface area contributed by atoms with Crippen molar-refractivity contribution in [2.45, 2.75) is 12.8 Å². The van der Waals surface area contributed by atoms with E-state index in [0.29, 0.717) is 11.6 Å². The van der Waals surface area contributed by atoms with Crippen LogP contribution in [0.25, 0.3) is 27.5 Å². The monoisotopic (exact) mass is 422 g/mol. The molecule has 0 N–H and O–H groups in total. The molecular formula is C25H18N4OS. The number of para-hydroxylation sites is 1. The number of aromatic nitrogens is 4. The van der Waals surface area contributed by atoms with Crippen LogP contribution in [-0.2, 0) is 0 Å². The lowest BCUT2D eigenvalue weighted by Crippen LogP contribution is -2.04. The van der Waals surface area contributed by atoms with Crippen molar-refractivity contribution in [3.63, 3.8) is 0 Å². The van der Waals surface area contributed by atoms with Crippen molar-refractivity contribution < 1.29 is 4.42 Å². The van der Waals surface area contributed by atoms with Gasteiger partial charge >= 0.3 is 0 Å². The Kier molecular flexibility index (Phi) is 4.18. The first-order chi connectivity index (χ1) is 15.3. The lowest BCUT2D eigenvalue weighted by Gasteiger charge is -2.15. The van der Waals surface area contributed by atoms with Crippen molar-refractivity contribution in [3.05, 3.63) is 107 Å². The summed E-state index contributed by atoms with van der Waals surface area (Å²) in [6, 6.07) is 28.9. The average Bonchev–Trinajstić information content (AvgIpc) is 3.49. The zero-order chi connectivity index (χ0) is 20.8. The van der Waals surface area contributed by atoms with Gasteiger partial charge < -0.3 is 4.42 Å². The Bertz CT molecular complexity index is 1460. The highest BCUT2D eigenvalue weighted by Crippen LogP contribution is 2.37. The van der Waals surface area contributed by atoms with Gasteiger partial charge in [0.1, 0.15) is 10.6 Å². The minimum absolute atomic E-state index is 0.0266. The van der Waals surface area contributed by atoms with Crippen LogP contribution < -0.4 is 0 Å². The molecule has 0 aliphatic heterocycles. The van der Waals surface area contributed by atoms with E-state index in [1.165, 1.54) is 11.1 Å². The summed E-state index contributed by atoms with van der Waals surface area (Å²) in [5, 5.41) is 15.8. The van der Waals surface area contributed by atoms with Crippen LogP contribution in [0.5, 0.6) is 0 Å². The number of nitrogens with zero attached hydrogens (tertiary/aromatic N) is 4. The summed E-state index contributed by atoms with van der Waals surface area (Å²) >= 11 is 1.56. The minimum Gasteiger partial charge on any atom is -0.452 e. The van der Waals surface area contributed by atoms with Crippen LogP contribution in [0.1, 0.15) is 27.6 Å². The van der Waals surface area contributed by atoms with Gasteiger partial charge in [-0.25, -0.2) is 0 Å². The summed E-state index contributed by atoms with van der Waals surface area (Å²) in [5.41, 5.74) is 4.27. The second-order valence-corrected chi connectivity index (χ2v) is 8.45. The number of rotatable bonds is 4. The van der Waals surface area contributed by atoms with Crippen LogP contribution in [0.2, 0.25) is 0 Å². The Morgan fingerprint density at radius 1 is 0.806 bits per heavy atom. The molecule has 150 valence electrons. The number of fused-ring (bicyclic) bond motifs is 2. The van der Waals surface area contributed by atoms with Crippen LogP contribution in [0, 0.1) is 6.92 Å². The lowest BCUT2D eigenvalue weighted by molar-refractivity contribution is 0.618. The highest BCUT2D eigenvalue weighted by Gasteiger charge is 2.25. The molecule has 0 bridgehead atoms. The zero-order valence-corrected chi connectivity index (χ0v) is 17.6. The van der Waals surface area contributed by atoms with Gasteiger partial charge in [-0.2, -0.15) is 9.61 Å². The molecule has 3 aromatic heterocycles. The Labute approximate surface area is 182 Å². The minimum atomic E-state index is 0.0266. The van der Waals surface area contributed by atoms with Crippen molar-refractivity contribution in [3.8, 4) is 11.6 Å². The van der Waals surface area contributed by atoms with Crippen molar-refractivity contribution >= 4 is 27.3 Å². The van der Waals surface area contributed by atoms with E-state index in [9.17, 15) is 0 Å². The first-order valence-corrected chi connectivity index (χ1v) is 10.9. The van der Waals surface area contributed by atoms with Crippen LogP contribution in [0.4, 0.5) is 0 Å². The normalized spacial score (nSPS) is 11.7. The molecule has 31 heavy (non-hydrogen) atoms. The predicted octanol–water partition coefficient (Wildman–Crippen LogP) is 6.09. The van der Waals surface area contributed by atoms with Crippen molar-refractivity contribution in [2.75, 3.05) is 0 Å². The predicted molar refractivity (Wildman–Crippen MR) is 122 cm³/mol. The van der Waals surface area contributed by atoms with E-state index < -0.39 is 0 Å². The summed E-state index contributed by atoms with van der Waals surface area (Å²) in [7, 11) is 0. The number of benzene rings is 3. The molecule has 0 aliphatic carbocycles. The molecule has 0 amide bonds. The van der Waals surface area contributed by atoms with Gasteiger partial charge in [-0.3, -0.25) is 0 Å². The maximum atomic E-state index is 6.13. The highest BCUT2D eigenvalue weighted by atomic mass is 32.1. The molecule has 0 radical (unpaired) electrons. The van der Waals surface area contributed by atoms with Gasteiger partial charge in [-0.15, -0.1) is 10.2 Å². The Morgan fingerprint density at radius 2 is 1.45 bits per heavy atom. The van der Waals surface area contributed by atoms with Crippen LogP contribution >= 0.6 is 11.3 Å². The third-order valence-corrected chi connectivity index (χ3v) is 6.53. The first kappa shape index (κ1) is 18.0. The Hall–Kier alpha value is -3.77. The van der Waals surface area contributed by atoms with E-state index in [4.69, 9.17) is 9.52 Å². The largest absolute Gasteiger partial charge is 0.452 e. The molecule has 6 aromatic rings. The lowest BCUT2D eigenvalue weighted by atomic mass is 9.92. The molecular weight excluding hydrogens is 404 g/mol. The van der Waals surface area contributed by atoms with Crippen LogP contribution in [0.3, 0.4) is 0 Å². The zero-order valence-electron chi connectivity index (χ0n) is 16.8. The van der Waals surface area contributed by atoms with Crippen LogP contribution in [-0.4, -0.2) is 19.8 Å². The average molecular weight is 423 g/mol. The third kappa shape index (κ3) is 2.95. The first-order valence-electron chi connectivity index (χ1n) is 10.1. The van der Waals surface area contributed by atoms with Crippen molar-refractivity contribution in [2.24, 2.45) is 0 Å². The van der Waals surface area contributed by atoms with Gasteiger partial charge in [-0.1, -0.05) is 90.2 Å². The Balaban J connectivity index is 1.52. The molecule has 6 rings (SSSR count). The fraction of sp³-hybridized carbons (Fsp3) is 0.0800. The summed E-state index contributed by atoms with van der Waals surface area (Å²) in [4.78, 5) is 0.752. The van der Waals surface area contributed by atoms with E-state index in [-0.39, 0.29) is 5.92 Å².